The van der Waals surface area contributed by atoms with Crippen molar-refractivity contribution >= 4 is 72.8 Å². The lowest BCUT2D eigenvalue weighted by atomic mass is 9.98. The molecule has 0 unspecified atom stereocenters. The fourth-order valence-corrected chi connectivity index (χ4v) is 13.7. The zero-order valence-corrected chi connectivity index (χ0v) is 53.0. The largest absolute Gasteiger partial charge is 0.453 e. The van der Waals surface area contributed by atoms with Gasteiger partial charge in [0.15, 0.2) is 34.5 Å². The van der Waals surface area contributed by atoms with Crippen LogP contribution in [0.4, 0.5) is 0 Å². The second kappa shape index (κ2) is 23.4. The Kier molecular flexibility index (Phi) is 12.5. The molecule has 0 saturated carbocycles. The second-order valence-electron chi connectivity index (χ2n) is 24.0. The minimum Gasteiger partial charge on any atom is -0.453 e. The minimum atomic E-state index is -0.388. The predicted octanol–water partition coefficient (Wildman–Crippen LogP) is 21.3. The van der Waals surface area contributed by atoms with Crippen molar-refractivity contribution in [2.75, 3.05) is 0 Å². The smallest absolute Gasteiger partial charge is 0.153 e. The molecular weight excluding hydrogens is 1190 g/mol. The molecule has 8 heterocycles. The van der Waals surface area contributed by atoms with Crippen molar-refractivity contribution in [3.63, 3.8) is 0 Å². The molecule has 97 heavy (non-hydrogen) atoms. The van der Waals surface area contributed by atoms with E-state index in [2.05, 4.69) is 136 Å². The number of benzene rings is 12. The van der Waals surface area contributed by atoms with Crippen molar-refractivity contribution in [3.8, 4) is 96.3 Å². The van der Waals surface area contributed by atoms with Crippen molar-refractivity contribution < 1.29 is 21.1 Å². The van der Waals surface area contributed by atoms with Gasteiger partial charge in [0.05, 0.1) is 57.0 Å². The Bertz CT molecular complexity index is 6290. The first-order valence-electron chi connectivity index (χ1n) is 35.1. The third-order valence-corrected chi connectivity index (χ3v) is 18.3. The van der Waals surface area contributed by atoms with E-state index in [-0.39, 0.29) is 35.8 Å². The molecule has 20 rings (SSSR count). The van der Waals surface area contributed by atoms with Gasteiger partial charge in [-0.05, 0) is 148 Å². The average Bonchev–Trinajstić information content (AvgIpc) is 1.57. The van der Waals surface area contributed by atoms with Crippen LogP contribution < -0.4 is 14.2 Å². The normalized spacial score (nSPS) is 12.9. The zero-order valence-electron chi connectivity index (χ0n) is 58.0. The van der Waals surface area contributed by atoms with E-state index in [1.165, 1.54) is 5.56 Å². The standard InChI is InChI=1S/C33H24N2O.C29H19N5O.C23H18N2O/c1-2-32-34-28-9-6-10-31-33(28)35(32)29-21-27(19-20-30(29)36-31)26-17-15-25(16-18-26)24-13-11-23(12-14-24)22-7-4-3-5-8-22;1-2-26-30-21-11-7-13-25-27(21)33(26)23-16-17(14-15-24(23)35-25)28-31-19-9-4-3-8-18(19)29-32-20-10-5-6-12-22(20)34(28)29;1-2-22-24-18-9-6-10-21-23(18)25(22)19-15-17(13-14-20(19)26-21)12-11-16-7-4-3-5-8-16/h3-21H,2H2,1H3;3-16H,2H2,1H3;3-15H,2H2,1H3/b;;12-11+/i3D,4D,5D,7D,8D;;. The van der Waals surface area contributed by atoms with Gasteiger partial charge in [0.1, 0.15) is 45.5 Å². The Balaban J connectivity index is 0.000000112. The van der Waals surface area contributed by atoms with Crippen LogP contribution in [0.3, 0.4) is 0 Å². The summed E-state index contributed by atoms with van der Waals surface area (Å²) in [7, 11) is 0. The fraction of sp³-hybridized carbons (Fsp3) is 0.0706. The van der Waals surface area contributed by atoms with Crippen LogP contribution in [0.5, 0.6) is 34.5 Å². The van der Waals surface area contributed by atoms with Crippen LogP contribution in [0.15, 0.2) is 267 Å². The number of aryl methyl sites for hydroxylation is 3. The van der Waals surface area contributed by atoms with Gasteiger partial charge in [0, 0.05) is 30.2 Å². The molecule has 0 amide bonds. The number of hydrogen-bond acceptors (Lipinski definition) is 8. The first kappa shape index (κ1) is 51.8. The Morgan fingerprint density at radius 3 is 1.33 bits per heavy atom. The Labute approximate surface area is 565 Å². The number of imidazole rings is 4. The lowest BCUT2D eigenvalue weighted by molar-refractivity contribution is 0.474. The molecule has 12 nitrogen and oxygen atoms in total. The number of nitrogens with zero attached hydrogens (tertiary/aromatic N) is 9. The van der Waals surface area contributed by atoms with Gasteiger partial charge in [0.25, 0.3) is 0 Å². The maximum atomic E-state index is 8.25. The van der Waals surface area contributed by atoms with E-state index in [1.807, 2.05) is 140 Å². The molecule has 0 aliphatic carbocycles. The Morgan fingerprint density at radius 2 is 0.773 bits per heavy atom. The quantitative estimate of drug-likeness (QED) is 0.131. The second-order valence-corrected chi connectivity index (χ2v) is 24.0. The summed E-state index contributed by atoms with van der Waals surface area (Å²) in [6, 6.07) is 77.9. The van der Waals surface area contributed by atoms with Crippen LogP contribution in [0.25, 0.3) is 135 Å². The third-order valence-electron chi connectivity index (χ3n) is 18.3. The molecule has 3 aliphatic heterocycles. The monoisotopic (exact) mass is 1260 g/mol. The van der Waals surface area contributed by atoms with Crippen LogP contribution in [0.2, 0.25) is 0 Å². The summed E-state index contributed by atoms with van der Waals surface area (Å²) in [5.41, 5.74) is 21.0. The maximum absolute atomic E-state index is 8.25. The number of ether oxygens (including phenoxy) is 3. The van der Waals surface area contributed by atoms with Gasteiger partial charge < -0.3 is 14.2 Å². The molecule has 12 aromatic carbocycles. The van der Waals surface area contributed by atoms with Crippen molar-refractivity contribution in [3.05, 3.63) is 295 Å². The summed E-state index contributed by atoms with van der Waals surface area (Å²) in [6.45, 7) is 6.38. The summed E-state index contributed by atoms with van der Waals surface area (Å²) < 4.78 is 67.8. The lowest BCUT2D eigenvalue weighted by Gasteiger charge is -2.21. The summed E-state index contributed by atoms with van der Waals surface area (Å²) in [5, 5.41) is 1.03. The summed E-state index contributed by atoms with van der Waals surface area (Å²) in [5.74, 6) is 8.93. The molecule has 12 heteroatoms. The van der Waals surface area contributed by atoms with Gasteiger partial charge in [-0.3, -0.25) is 18.1 Å². The molecular formula is C85H61N9O3. The van der Waals surface area contributed by atoms with Crippen LogP contribution in [0, 0.1) is 0 Å². The molecule has 0 saturated heterocycles. The first-order valence-corrected chi connectivity index (χ1v) is 32.6. The number of para-hydroxylation sites is 6. The lowest BCUT2D eigenvalue weighted by Crippen LogP contribution is -2.08. The third kappa shape index (κ3) is 9.79. The van der Waals surface area contributed by atoms with E-state index in [1.54, 1.807) is 12.1 Å². The van der Waals surface area contributed by atoms with Crippen LogP contribution in [-0.2, 0) is 19.3 Å². The first-order chi connectivity index (χ1) is 50.0. The molecule has 0 spiro atoms. The molecule has 17 aromatic rings. The topological polar surface area (TPSA) is 111 Å². The van der Waals surface area contributed by atoms with Gasteiger partial charge in [-0.2, -0.15) is 0 Å². The van der Waals surface area contributed by atoms with Gasteiger partial charge in [0.2, 0.25) is 0 Å². The molecule has 0 bridgehead atoms. The predicted molar refractivity (Wildman–Crippen MR) is 390 cm³/mol. The Morgan fingerprint density at radius 1 is 0.340 bits per heavy atom. The van der Waals surface area contributed by atoms with E-state index < -0.39 is 0 Å². The number of aromatic nitrogens is 9. The van der Waals surface area contributed by atoms with Crippen molar-refractivity contribution in [1.29, 1.82) is 0 Å². The Hall–Kier alpha value is -12.7. The molecule has 464 valence electrons. The maximum Gasteiger partial charge on any atom is 0.153 e. The number of fused-ring (bicyclic) bond motifs is 11. The highest BCUT2D eigenvalue weighted by Gasteiger charge is 2.28. The average molecular weight is 1260 g/mol. The van der Waals surface area contributed by atoms with Gasteiger partial charge in [-0.15, -0.1) is 0 Å². The summed E-state index contributed by atoms with van der Waals surface area (Å²) in [6.07, 6.45) is 6.76. The molecule has 0 N–H and O–H groups in total. The van der Waals surface area contributed by atoms with Crippen LogP contribution in [-0.4, -0.2) is 43.0 Å². The number of rotatable bonds is 9. The van der Waals surface area contributed by atoms with Crippen molar-refractivity contribution in [2.24, 2.45) is 0 Å². The van der Waals surface area contributed by atoms with E-state index in [0.717, 1.165) is 188 Å². The van der Waals surface area contributed by atoms with Crippen LogP contribution >= 0.6 is 0 Å². The molecule has 0 fully saturated rings. The van der Waals surface area contributed by atoms with Crippen molar-refractivity contribution in [1.82, 2.24) is 43.0 Å². The van der Waals surface area contributed by atoms with E-state index in [0.29, 0.717) is 5.56 Å². The molecule has 0 atom stereocenters. The highest BCUT2D eigenvalue weighted by Crippen LogP contribution is 2.46. The van der Waals surface area contributed by atoms with Crippen molar-refractivity contribution in [2.45, 2.75) is 40.0 Å². The van der Waals surface area contributed by atoms with Gasteiger partial charge in [-0.25, -0.2) is 24.9 Å². The van der Waals surface area contributed by atoms with E-state index in [9.17, 15) is 0 Å². The van der Waals surface area contributed by atoms with E-state index >= 15 is 0 Å². The van der Waals surface area contributed by atoms with Gasteiger partial charge in [-0.1, -0.05) is 197 Å². The summed E-state index contributed by atoms with van der Waals surface area (Å²) in [4.78, 5) is 24.6. The minimum absolute atomic E-state index is 0.200. The fourth-order valence-electron chi connectivity index (χ4n) is 13.7. The highest BCUT2D eigenvalue weighted by molar-refractivity contribution is 5.99. The number of hydrogen-bond donors (Lipinski definition) is 0. The SMILES string of the molecule is CCc1nc2cccc3c2n1-c1cc(-c2nc4ccccc4c4nc5ccccc5n24)ccc1O3.CCc1nc2cccc3c2n1-c1cc(/C=C/c2ccccc2)ccc1O3.[2H]c1c([2H])c([2H])c(-c2ccc(-c3ccc(-c4ccc5c(c4)-n4c(CC)nc6cccc(c64)O5)cc3)cc2)c([2H])c1[2H]. The summed E-state index contributed by atoms with van der Waals surface area (Å²) >= 11 is 0. The molecule has 3 aliphatic rings. The molecule has 0 radical (unpaired) electrons. The highest BCUT2D eigenvalue weighted by atomic mass is 16.5. The van der Waals surface area contributed by atoms with Gasteiger partial charge >= 0.3 is 0 Å². The van der Waals surface area contributed by atoms with E-state index in [4.69, 9.17) is 46.0 Å². The molecule has 5 aromatic heterocycles. The zero-order chi connectivity index (χ0) is 69.0. The van der Waals surface area contributed by atoms with Crippen LogP contribution in [0.1, 0.15) is 56.2 Å².